The lowest BCUT2D eigenvalue weighted by Gasteiger charge is -2.11. The molecule has 0 saturated heterocycles. The molecule has 0 aliphatic carbocycles. The summed E-state index contributed by atoms with van der Waals surface area (Å²) >= 11 is 12.2. The van der Waals surface area contributed by atoms with Gasteiger partial charge in [0.15, 0.2) is 5.84 Å². The quantitative estimate of drug-likeness (QED) is 0.268. The van der Waals surface area contributed by atoms with Crippen molar-refractivity contribution >= 4 is 35.0 Å². The molecule has 0 spiro atoms. The highest BCUT2D eigenvalue weighted by Crippen LogP contribution is 2.29. The number of aromatic nitrogens is 1. The van der Waals surface area contributed by atoms with Gasteiger partial charge >= 0.3 is 5.97 Å². The Morgan fingerprint density at radius 1 is 1.23 bits per heavy atom. The van der Waals surface area contributed by atoms with Crippen molar-refractivity contribution in [2.24, 2.45) is 10.9 Å². The van der Waals surface area contributed by atoms with Gasteiger partial charge in [-0.15, -0.1) is 0 Å². The van der Waals surface area contributed by atoms with E-state index < -0.39 is 5.97 Å². The summed E-state index contributed by atoms with van der Waals surface area (Å²) in [5.41, 5.74) is 7.80. The molecule has 2 aromatic rings. The molecule has 2 rings (SSSR count). The first-order valence-electron chi connectivity index (χ1n) is 7.42. The largest absolute Gasteiger partial charge is 0.508 e. The summed E-state index contributed by atoms with van der Waals surface area (Å²) in [4.78, 5) is 21.1. The van der Waals surface area contributed by atoms with Crippen LogP contribution in [0.15, 0.2) is 17.3 Å². The monoisotopic (exact) mass is 397 g/mol. The Hall–Kier alpha value is -2.51. The molecule has 1 aromatic heterocycles. The maximum Gasteiger partial charge on any atom is 0.366 e. The Morgan fingerprint density at radius 3 is 2.50 bits per heavy atom. The highest BCUT2D eigenvalue weighted by molar-refractivity contribution is 6.36. The molecule has 0 bridgehead atoms. The first-order chi connectivity index (χ1) is 12.2. The number of aryl methyl sites for hydroxylation is 1. The van der Waals surface area contributed by atoms with Crippen LogP contribution in [0, 0.1) is 20.8 Å². The minimum Gasteiger partial charge on any atom is -0.508 e. The van der Waals surface area contributed by atoms with Crippen molar-refractivity contribution in [3.63, 3.8) is 0 Å². The van der Waals surface area contributed by atoms with Gasteiger partial charge in [-0.2, -0.15) is 0 Å². The lowest BCUT2D eigenvalue weighted by molar-refractivity contribution is 0.0515. The Bertz CT molecular complexity index is 914. The van der Waals surface area contributed by atoms with Crippen molar-refractivity contribution in [1.82, 2.24) is 4.98 Å². The predicted molar refractivity (Wildman–Crippen MR) is 99.3 cm³/mol. The second kappa shape index (κ2) is 7.80. The fraction of sp³-hybridized carbons (Fsp3) is 0.235. The standard InChI is InChI=1S/C17H17Cl2N3O4/c1-7-11(23)5-10(6-12(7)25-4)17(24)26-22-16(20)13-8(2)14(18)9(3)21-15(13)19/h5-6,23H,1-4H3,(H2,20,22). The molecule has 26 heavy (non-hydrogen) atoms. The number of phenols is 1. The van der Waals surface area contributed by atoms with Crippen molar-refractivity contribution < 1.29 is 19.5 Å². The molecule has 7 nitrogen and oxygen atoms in total. The molecule has 0 radical (unpaired) electrons. The van der Waals surface area contributed by atoms with Gasteiger partial charge in [0.2, 0.25) is 0 Å². The zero-order valence-corrected chi connectivity index (χ0v) is 16.1. The van der Waals surface area contributed by atoms with Crippen LogP contribution >= 0.6 is 23.2 Å². The summed E-state index contributed by atoms with van der Waals surface area (Å²) in [6.45, 7) is 5.05. The Morgan fingerprint density at radius 2 is 1.88 bits per heavy atom. The number of aromatic hydroxyl groups is 1. The number of hydrogen-bond donors (Lipinski definition) is 2. The van der Waals surface area contributed by atoms with Crippen LogP contribution in [0.25, 0.3) is 0 Å². The van der Waals surface area contributed by atoms with Gasteiger partial charge in [0.1, 0.15) is 16.7 Å². The van der Waals surface area contributed by atoms with E-state index in [1.54, 1.807) is 20.8 Å². The summed E-state index contributed by atoms with van der Waals surface area (Å²) in [7, 11) is 1.42. The second-order valence-electron chi connectivity index (χ2n) is 5.48. The molecule has 0 aliphatic heterocycles. The fourth-order valence-electron chi connectivity index (χ4n) is 2.28. The number of nitrogens with two attached hydrogens (primary N) is 1. The highest BCUT2D eigenvalue weighted by atomic mass is 35.5. The number of methoxy groups -OCH3 is 1. The van der Waals surface area contributed by atoms with Crippen LogP contribution in [0.3, 0.4) is 0 Å². The summed E-state index contributed by atoms with van der Waals surface area (Å²) in [5, 5.41) is 14.0. The van der Waals surface area contributed by atoms with E-state index in [1.165, 1.54) is 19.2 Å². The number of carbonyl (C=O) groups is 1. The van der Waals surface area contributed by atoms with Crippen LogP contribution in [-0.2, 0) is 4.84 Å². The molecular formula is C17H17Cl2N3O4. The average molecular weight is 398 g/mol. The molecule has 9 heteroatoms. The third-order valence-corrected chi connectivity index (χ3v) is 4.60. The molecule has 0 unspecified atom stereocenters. The number of phenolic OH excluding ortho intramolecular Hbond substituents is 1. The van der Waals surface area contributed by atoms with Crippen LogP contribution < -0.4 is 10.5 Å². The maximum absolute atomic E-state index is 12.2. The van der Waals surface area contributed by atoms with Crippen LogP contribution in [0.5, 0.6) is 11.5 Å². The number of benzene rings is 1. The van der Waals surface area contributed by atoms with E-state index in [1.807, 2.05) is 0 Å². The zero-order valence-electron chi connectivity index (χ0n) is 14.6. The van der Waals surface area contributed by atoms with Gasteiger partial charge in [-0.25, -0.2) is 9.78 Å². The van der Waals surface area contributed by atoms with Gasteiger partial charge in [-0.3, -0.25) is 0 Å². The molecule has 0 amide bonds. The summed E-state index contributed by atoms with van der Waals surface area (Å²) in [5.74, 6) is -0.760. The third-order valence-electron chi connectivity index (χ3n) is 3.77. The van der Waals surface area contributed by atoms with E-state index in [0.717, 1.165) is 0 Å². The van der Waals surface area contributed by atoms with Gasteiger partial charge < -0.3 is 20.4 Å². The molecule has 0 aliphatic rings. The molecule has 1 heterocycles. The third kappa shape index (κ3) is 3.84. The molecule has 0 atom stereocenters. The van der Waals surface area contributed by atoms with E-state index in [9.17, 15) is 9.90 Å². The number of nitrogens with zero attached hydrogens (tertiary/aromatic N) is 2. The lowest BCUT2D eigenvalue weighted by Crippen LogP contribution is -2.18. The molecule has 3 N–H and O–H groups in total. The average Bonchev–Trinajstić information content (AvgIpc) is 2.59. The minimum absolute atomic E-state index is 0.0457. The van der Waals surface area contributed by atoms with Crippen molar-refractivity contribution in [2.75, 3.05) is 7.11 Å². The fourth-order valence-corrected chi connectivity index (χ4v) is 2.78. The van der Waals surface area contributed by atoms with Gasteiger partial charge in [-0.05, 0) is 38.5 Å². The summed E-state index contributed by atoms with van der Waals surface area (Å²) in [6.07, 6.45) is 0. The molecule has 138 valence electrons. The molecule has 0 saturated carbocycles. The minimum atomic E-state index is -0.832. The number of carbonyl (C=O) groups excluding carboxylic acids is 1. The molecule has 1 aromatic carbocycles. The SMILES string of the molecule is COc1cc(C(=O)O/N=C(\N)c2c(Cl)nc(C)c(Cl)c2C)cc(O)c1C. The van der Waals surface area contributed by atoms with Gasteiger partial charge in [0, 0.05) is 5.56 Å². The highest BCUT2D eigenvalue weighted by Gasteiger charge is 2.18. The Kier molecular flexibility index (Phi) is 5.94. The Balaban J connectivity index is 2.32. The zero-order chi connectivity index (χ0) is 19.6. The van der Waals surface area contributed by atoms with Crippen molar-refractivity contribution in [3.05, 3.63) is 50.3 Å². The van der Waals surface area contributed by atoms with Crippen molar-refractivity contribution in [3.8, 4) is 11.5 Å². The number of rotatable bonds is 4. The smallest absolute Gasteiger partial charge is 0.366 e. The van der Waals surface area contributed by atoms with Crippen LogP contribution in [-0.4, -0.2) is 29.0 Å². The van der Waals surface area contributed by atoms with Crippen LogP contribution in [0.4, 0.5) is 0 Å². The molecular weight excluding hydrogens is 381 g/mol. The van der Waals surface area contributed by atoms with E-state index in [4.69, 9.17) is 38.5 Å². The van der Waals surface area contributed by atoms with Crippen LogP contribution in [0.2, 0.25) is 10.2 Å². The number of oxime groups is 1. The molecule has 0 fully saturated rings. The Labute approximate surface area is 160 Å². The maximum atomic E-state index is 12.2. The topological polar surface area (TPSA) is 107 Å². The number of pyridine rings is 1. The first kappa shape index (κ1) is 19.8. The summed E-state index contributed by atoms with van der Waals surface area (Å²) < 4.78 is 5.10. The van der Waals surface area contributed by atoms with Crippen molar-refractivity contribution in [2.45, 2.75) is 20.8 Å². The van der Waals surface area contributed by atoms with E-state index >= 15 is 0 Å². The predicted octanol–water partition coefficient (Wildman–Crippen LogP) is 3.51. The number of ether oxygens (including phenoxy) is 1. The van der Waals surface area contributed by atoms with E-state index in [2.05, 4.69) is 10.1 Å². The lowest BCUT2D eigenvalue weighted by atomic mass is 10.1. The van der Waals surface area contributed by atoms with E-state index in [-0.39, 0.29) is 27.9 Å². The number of halogens is 2. The van der Waals surface area contributed by atoms with Gasteiger partial charge in [0.25, 0.3) is 0 Å². The van der Waals surface area contributed by atoms with Crippen LogP contribution in [0.1, 0.15) is 32.7 Å². The number of amidine groups is 1. The normalized spacial score (nSPS) is 11.4. The first-order valence-corrected chi connectivity index (χ1v) is 8.17. The number of hydrogen-bond acceptors (Lipinski definition) is 6. The van der Waals surface area contributed by atoms with E-state index in [0.29, 0.717) is 27.6 Å². The van der Waals surface area contributed by atoms with Gasteiger partial charge in [-0.1, -0.05) is 28.4 Å². The van der Waals surface area contributed by atoms with Crippen molar-refractivity contribution in [1.29, 1.82) is 0 Å². The second-order valence-corrected chi connectivity index (χ2v) is 6.22. The summed E-state index contributed by atoms with van der Waals surface area (Å²) in [6, 6.07) is 2.67. The van der Waals surface area contributed by atoms with Gasteiger partial charge in [0.05, 0.1) is 29.0 Å².